The second-order valence-corrected chi connectivity index (χ2v) is 5.15. The minimum Gasteiger partial charge on any atom is -0.484 e. The van der Waals surface area contributed by atoms with Gasteiger partial charge in [-0.05, 0) is 43.3 Å². The molecule has 0 fully saturated rings. The SMILES string of the molecule is COCCNc1ccc(NC(=O)COc2ccc(C)cc2)cc1. The fraction of sp³-hybridized carbons (Fsp3) is 0.278. The van der Waals surface area contributed by atoms with Crippen molar-refractivity contribution >= 4 is 17.3 Å². The Kier molecular flexibility index (Phi) is 6.44. The van der Waals surface area contributed by atoms with E-state index in [9.17, 15) is 4.79 Å². The molecule has 0 radical (unpaired) electrons. The Hall–Kier alpha value is -2.53. The molecule has 2 aromatic carbocycles. The van der Waals surface area contributed by atoms with Crippen LogP contribution in [0.2, 0.25) is 0 Å². The van der Waals surface area contributed by atoms with Gasteiger partial charge >= 0.3 is 0 Å². The maximum atomic E-state index is 11.9. The van der Waals surface area contributed by atoms with E-state index in [-0.39, 0.29) is 12.5 Å². The summed E-state index contributed by atoms with van der Waals surface area (Å²) in [6.07, 6.45) is 0. The first-order chi connectivity index (χ1) is 11.2. The molecule has 2 N–H and O–H groups in total. The second kappa shape index (κ2) is 8.80. The fourth-order valence-electron chi connectivity index (χ4n) is 1.95. The number of benzene rings is 2. The van der Waals surface area contributed by atoms with Crippen LogP contribution in [0.3, 0.4) is 0 Å². The van der Waals surface area contributed by atoms with Gasteiger partial charge < -0.3 is 20.1 Å². The number of ether oxygens (including phenoxy) is 2. The molecular weight excluding hydrogens is 292 g/mol. The lowest BCUT2D eigenvalue weighted by atomic mass is 10.2. The molecule has 2 rings (SSSR count). The average Bonchev–Trinajstić information content (AvgIpc) is 2.56. The summed E-state index contributed by atoms with van der Waals surface area (Å²) in [7, 11) is 1.67. The molecule has 0 aliphatic heterocycles. The van der Waals surface area contributed by atoms with Crippen molar-refractivity contribution < 1.29 is 14.3 Å². The minimum atomic E-state index is -0.189. The van der Waals surface area contributed by atoms with E-state index in [0.29, 0.717) is 12.4 Å². The Morgan fingerprint density at radius 2 is 1.65 bits per heavy atom. The third kappa shape index (κ3) is 6.00. The average molecular weight is 314 g/mol. The van der Waals surface area contributed by atoms with Crippen molar-refractivity contribution in [2.24, 2.45) is 0 Å². The van der Waals surface area contributed by atoms with Gasteiger partial charge in [-0.1, -0.05) is 17.7 Å². The Morgan fingerprint density at radius 3 is 2.30 bits per heavy atom. The first kappa shape index (κ1) is 16.8. The number of amides is 1. The lowest BCUT2D eigenvalue weighted by Crippen LogP contribution is -2.20. The van der Waals surface area contributed by atoms with Crippen LogP contribution in [0, 0.1) is 6.92 Å². The van der Waals surface area contributed by atoms with Crippen molar-refractivity contribution in [3.8, 4) is 5.75 Å². The number of hydrogen-bond acceptors (Lipinski definition) is 4. The number of carbonyl (C=O) groups excluding carboxylic acids is 1. The Bertz CT molecular complexity index is 609. The summed E-state index contributed by atoms with van der Waals surface area (Å²) in [5.41, 5.74) is 2.87. The zero-order valence-electron chi connectivity index (χ0n) is 13.5. The Labute approximate surface area is 136 Å². The van der Waals surface area contributed by atoms with Crippen molar-refractivity contribution in [2.75, 3.05) is 37.5 Å². The molecule has 0 heterocycles. The molecular formula is C18H22N2O3. The summed E-state index contributed by atoms with van der Waals surface area (Å²) < 4.78 is 10.4. The predicted molar refractivity (Wildman–Crippen MR) is 92.1 cm³/mol. The second-order valence-electron chi connectivity index (χ2n) is 5.15. The van der Waals surface area contributed by atoms with Crippen molar-refractivity contribution in [1.82, 2.24) is 0 Å². The van der Waals surface area contributed by atoms with Gasteiger partial charge in [-0.3, -0.25) is 4.79 Å². The number of nitrogens with one attached hydrogen (secondary N) is 2. The van der Waals surface area contributed by atoms with E-state index in [1.54, 1.807) is 7.11 Å². The lowest BCUT2D eigenvalue weighted by molar-refractivity contribution is -0.118. The fourth-order valence-corrected chi connectivity index (χ4v) is 1.95. The summed E-state index contributed by atoms with van der Waals surface area (Å²) >= 11 is 0. The molecule has 23 heavy (non-hydrogen) atoms. The first-order valence-electron chi connectivity index (χ1n) is 7.49. The van der Waals surface area contributed by atoms with E-state index in [2.05, 4.69) is 10.6 Å². The number of rotatable bonds is 8. The Morgan fingerprint density at radius 1 is 1.00 bits per heavy atom. The molecule has 1 amide bonds. The van der Waals surface area contributed by atoms with Crippen LogP contribution in [-0.4, -0.2) is 32.8 Å². The molecule has 0 saturated heterocycles. The zero-order chi connectivity index (χ0) is 16.5. The van der Waals surface area contributed by atoms with Gasteiger partial charge in [-0.15, -0.1) is 0 Å². The monoisotopic (exact) mass is 314 g/mol. The first-order valence-corrected chi connectivity index (χ1v) is 7.49. The summed E-state index contributed by atoms with van der Waals surface area (Å²) in [5, 5.41) is 6.02. The molecule has 0 spiro atoms. The van der Waals surface area contributed by atoms with Crippen LogP contribution in [0.4, 0.5) is 11.4 Å². The van der Waals surface area contributed by atoms with Gasteiger partial charge in [0.25, 0.3) is 5.91 Å². The van der Waals surface area contributed by atoms with E-state index in [0.717, 1.165) is 23.5 Å². The highest BCUT2D eigenvalue weighted by atomic mass is 16.5. The normalized spacial score (nSPS) is 10.2. The summed E-state index contributed by atoms with van der Waals surface area (Å²) in [6, 6.07) is 15.1. The van der Waals surface area contributed by atoms with Gasteiger partial charge in [0.05, 0.1) is 6.61 Å². The third-order valence-corrected chi connectivity index (χ3v) is 3.19. The van der Waals surface area contributed by atoms with E-state index in [4.69, 9.17) is 9.47 Å². The molecule has 5 nitrogen and oxygen atoms in total. The Balaban J connectivity index is 1.77. The molecule has 0 saturated carbocycles. The molecule has 5 heteroatoms. The maximum Gasteiger partial charge on any atom is 0.262 e. The van der Waals surface area contributed by atoms with Crippen LogP contribution in [0.1, 0.15) is 5.56 Å². The van der Waals surface area contributed by atoms with E-state index in [1.165, 1.54) is 0 Å². The molecule has 0 atom stereocenters. The lowest BCUT2D eigenvalue weighted by Gasteiger charge is -2.09. The van der Waals surface area contributed by atoms with Gasteiger partial charge in [0.1, 0.15) is 5.75 Å². The quantitative estimate of drug-likeness (QED) is 0.735. The van der Waals surface area contributed by atoms with Crippen LogP contribution < -0.4 is 15.4 Å². The minimum absolute atomic E-state index is 0.0170. The zero-order valence-corrected chi connectivity index (χ0v) is 13.5. The number of hydrogen-bond donors (Lipinski definition) is 2. The molecule has 0 aliphatic carbocycles. The van der Waals surface area contributed by atoms with Crippen LogP contribution in [0.25, 0.3) is 0 Å². The van der Waals surface area contributed by atoms with E-state index in [1.807, 2.05) is 55.5 Å². The van der Waals surface area contributed by atoms with Crippen LogP contribution in [-0.2, 0) is 9.53 Å². The molecule has 0 aliphatic rings. The molecule has 122 valence electrons. The third-order valence-electron chi connectivity index (χ3n) is 3.19. The standard InChI is InChI=1S/C18H22N2O3/c1-14-3-9-17(10-4-14)23-13-18(21)20-16-7-5-15(6-8-16)19-11-12-22-2/h3-10,19H,11-13H2,1-2H3,(H,20,21). The topological polar surface area (TPSA) is 59.6 Å². The number of anilines is 2. The summed E-state index contributed by atoms with van der Waals surface area (Å²) in [4.78, 5) is 11.9. The van der Waals surface area contributed by atoms with Gasteiger partial charge in [0.2, 0.25) is 0 Å². The number of carbonyl (C=O) groups is 1. The van der Waals surface area contributed by atoms with Gasteiger partial charge in [0, 0.05) is 25.0 Å². The van der Waals surface area contributed by atoms with E-state index >= 15 is 0 Å². The van der Waals surface area contributed by atoms with Gasteiger partial charge in [-0.2, -0.15) is 0 Å². The maximum absolute atomic E-state index is 11.9. The van der Waals surface area contributed by atoms with Crippen molar-refractivity contribution in [3.63, 3.8) is 0 Å². The smallest absolute Gasteiger partial charge is 0.262 e. The van der Waals surface area contributed by atoms with Gasteiger partial charge in [0.15, 0.2) is 6.61 Å². The molecule has 0 aromatic heterocycles. The number of methoxy groups -OCH3 is 1. The van der Waals surface area contributed by atoms with Crippen LogP contribution in [0.15, 0.2) is 48.5 Å². The molecule has 0 unspecified atom stereocenters. The van der Waals surface area contributed by atoms with Crippen molar-refractivity contribution in [2.45, 2.75) is 6.92 Å². The van der Waals surface area contributed by atoms with E-state index < -0.39 is 0 Å². The largest absolute Gasteiger partial charge is 0.484 e. The number of aryl methyl sites for hydroxylation is 1. The van der Waals surface area contributed by atoms with Crippen LogP contribution in [0.5, 0.6) is 5.75 Å². The highest BCUT2D eigenvalue weighted by molar-refractivity contribution is 5.92. The van der Waals surface area contributed by atoms with Crippen molar-refractivity contribution in [1.29, 1.82) is 0 Å². The molecule has 2 aromatic rings. The van der Waals surface area contributed by atoms with Crippen LogP contribution >= 0.6 is 0 Å². The van der Waals surface area contributed by atoms with Gasteiger partial charge in [-0.25, -0.2) is 0 Å². The predicted octanol–water partition coefficient (Wildman–Crippen LogP) is 3.07. The highest BCUT2D eigenvalue weighted by Gasteiger charge is 2.04. The summed E-state index contributed by atoms with van der Waals surface area (Å²) in [6.45, 7) is 3.38. The summed E-state index contributed by atoms with van der Waals surface area (Å²) in [5.74, 6) is 0.495. The highest BCUT2D eigenvalue weighted by Crippen LogP contribution is 2.14. The molecule has 0 bridgehead atoms. The van der Waals surface area contributed by atoms with Crippen molar-refractivity contribution in [3.05, 3.63) is 54.1 Å².